The molecule has 0 heterocycles. The zero-order valence-electron chi connectivity index (χ0n) is 12.4. The molecule has 20 heavy (non-hydrogen) atoms. The third-order valence-electron chi connectivity index (χ3n) is 3.43. The molecule has 2 aromatic rings. The summed E-state index contributed by atoms with van der Waals surface area (Å²) in [6.45, 7) is 4.28. The molecule has 3 nitrogen and oxygen atoms in total. The van der Waals surface area contributed by atoms with Gasteiger partial charge in [-0.1, -0.05) is 32.0 Å². The second-order valence-corrected chi connectivity index (χ2v) is 5.07. The fourth-order valence-electron chi connectivity index (χ4n) is 2.30. The number of rotatable bonds is 4. The predicted molar refractivity (Wildman–Crippen MR) is 83.5 cm³/mol. The fourth-order valence-corrected chi connectivity index (χ4v) is 2.30. The van der Waals surface area contributed by atoms with Crippen molar-refractivity contribution >= 4 is 5.69 Å². The molecule has 0 fully saturated rings. The number of ether oxygens (including phenoxy) is 2. The van der Waals surface area contributed by atoms with Crippen molar-refractivity contribution in [3.05, 3.63) is 42.0 Å². The molecule has 106 valence electrons. The van der Waals surface area contributed by atoms with E-state index in [1.165, 1.54) is 5.56 Å². The van der Waals surface area contributed by atoms with Crippen LogP contribution in [0.3, 0.4) is 0 Å². The lowest BCUT2D eigenvalue weighted by molar-refractivity contribution is 0.355. The van der Waals surface area contributed by atoms with Crippen LogP contribution in [0.2, 0.25) is 0 Å². The Morgan fingerprint density at radius 2 is 1.45 bits per heavy atom. The normalized spacial score (nSPS) is 10.7. The quantitative estimate of drug-likeness (QED) is 0.852. The van der Waals surface area contributed by atoms with Crippen LogP contribution < -0.4 is 15.2 Å². The summed E-state index contributed by atoms with van der Waals surface area (Å²) in [5.74, 6) is 1.87. The number of hydrogen-bond donors (Lipinski definition) is 1. The van der Waals surface area contributed by atoms with E-state index in [1.54, 1.807) is 14.2 Å². The molecule has 0 aliphatic carbocycles. The SMILES string of the molecule is COc1ccc(-c2ccc(C(C)C)c(N)c2)cc1OC. The van der Waals surface area contributed by atoms with E-state index in [4.69, 9.17) is 15.2 Å². The second kappa shape index (κ2) is 5.87. The topological polar surface area (TPSA) is 44.5 Å². The van der Waals surface area contributed by atoms with Crippen molar-refractivity contribution in [1.82, 2.24) is 0 Å². The summed E-state index contributed by atoms with van der Waals surface area (Å²) >= 11 is 0. The molecule has 0 atom stereocenters. The molecule has 0 spiro atoms. The first-order valence-electron chi connectivity index (χ1n) is 6.68. The standard InChI is InChI=1S/C17H21NO2/c1-11(2)14-7-5-12(9-15(14)18)13-6-8-16(19-3)17(10-13)20-4/h5-11H,18H2,1-4H3. The third-order valence-corrected chi connectivity index (χ3v) is 3.43. The van der Waals surface area contributed by atoms with Gasteiger partial charge in [0.05, 0.1) is 14.2 Å². The van der Waals surface area contributed by atoms with E-state index in [0.29, 0.717) is 5.92 Å². The highest BCUT2D eigenvalue weighted by Crippen LogP contribution is 2.34. The minimum Gasteiger partial charge on any atom is -0.493 e. The zero-order chi connectivity index (χ0) is 14.7. The smallest absolute Gasteiger partial charge is 0.161 e. The number of methoxy groups -OCH3 is 2. The third kappa shape index (κ3) is 2.72. The first kappa shape index (κ1) is 14.3. The second-order valence-electron chi connectivity index (χ2n) is 5.07. The van der Waals surface area contributed by atoms with Crippen LogP contribution >= 0.6 is 0 Å². The molecule has 0 aliphatic heterocycles. The Kier molecular flexibility index (Phi) is 4.18. The number of hydrogen-bond acceptors (Lipinski definition) is 3. The highest BCUT2D eigenvalue weighted by molar-refractivity contribution is 5.71. The van der Waals surface area contributed by atoms with Crippen LogP contribution in [0.25, 0.3) is 11.1 Å². The summed E-state index contributed by atoms with van der Waals surface area (Å²) in [6, 6.07) is 12.1. The average Bonchev–Trinajstić information content (AvgIpc) is 2.45. The molecule has 0 bridgehead atoms. The highest BCUT2D eigenvalue weighted by atomic mass is 16.5. The van der Waals surface area contributed by atoms with Gasteiger partial charge in [0.15, 0.2) is 11.5 Å². The highest BCUT2D eigenvalue weighted by Gasteiger charge is 2.09. The largest absolute Gasteiger partial charge is 0.493 e. The molecule has 3 heteroatoms. The van der Waals surface area contributed by atoms with Crippen LogP contribution in [0.1, 0.15) is 25.3 Å². The van der Waals surface area contributed by atoms with E-state index in [9.17, 15) is 0 Å². The molecular weight excluding hydrogens is 250 g/mol. The first-order valence-corrected chi connectivity index (χ1v) is 6.68. The van der Waals surface area contributed by atoms with Gasteiger partial charge in [-0.05, 0) is 40.8 Å². The fraction of sp³-hybridized carbons (Fsp3) is 0.294. The number of anilines is 1. The molecule has 0 aromatic heterocycles. The van der Waals surface area contributed by atoms with E-state index in [1.807, 2.05) is 24.3 Å². The Balaban J connectivity index is 2.44. The monoisotopic (exact) mass is 271 g/mol. The minimum atomic E-state index is 0.425. The summed E-state index contributed by atoms with van der Waals surface area (Å²) in [5.41, 5.74) is 10.3. The van der Waals surface area contributed by atoms with Crippen molar-refractivity contribution in [1.29, 1.82) is 0 Å². The molecule has 0 amide bonds. The van der Waals surface area contributed by atoms with Crippen LogP contribution in [-0.4, -0.2) is 14.2 Å². The van der Waals surface area contributed by atoms with E-state index < -0.39 is 0 Å². The Morgan fingerprint density at radius 1 is 0.850 bits per heavy atom. The number of benzene rings is 2. The molecule has 2 N–H and O–H groups in total. The van der Waals surface area contributed by atoms with Crippen LogP contribution in [0, 0.1) is 0 Å². The van der Waals surface area contributed by atoms with Gasteiger partial charge in [-0.2, -0.15) is 0 Å². The Bertz CT molecular complexity index is 606. The van der Waals surface area contributed by atoms with Crippen molar-refractivity contribution in [3.63, 3.8) is 0 Å². The number of nitrogens with two attached hydrogens (primary N) is 1. The molecule has 2 rings (SSSR count). The number of nitrogen functional groups attached to an aromatic ring is 1. The van der Waals surface area contributed by atoms with Gasteiger partial charge >= 0.3 is 0 Å². The Labute approximate surface area is 120 Å². The van der Waals surface area contributed by atoms with Crippen molar-refractivity contribution in [2.24, 2.45) is 0 Å². The summed E-state index contributed by atoms with van der Waals surface area (Å²) < 4.78 is 10.6. The van der Waals surface area contributed by atoms with E-state index >= 15 is 0 Å². The molecular formula is C17H21NO2. The van der Waals surface area contributed by atoms with Crippen LogP contribution in [0.15, 0.2) is 36.4 Å². The van der Waals surface area contributed by atoms with E-state index in [-0.39, 0.29) is 0 Å². The average molecular weight is 271 g/mol. The van der Waals surface area contributed by atoms with Crippen molar-refractivity contribution in [3.8, 4) is 22.6 Å². The summed E-state index contributed by atoms with van der Waals surface area (Å²) in [6.07, 6.45) is 0. The van der Waals surface area contributed by atoms with E-state index in [2.05, 4.69) is 26.0 Å². The molecule has 0 aliphatic rings. The van der Waals surface area contributed by atoms with Crippen molar-refractivity contribution in [2.45, 2.75) is 19.8 Å². The molecule has 0 radical (unpaired) electrons. The molecule has 0 saturated carbocycles. The summed E-state index contributed by atoms with van der Waals surface area (Å²) in [5, 5.41) is 0. The molecule has 0 saturated heterocycles. The summed E-state index contributed by atoms with van der Waals surface area (Å²) in [7, 11) is 3.27. The van der Waals surface area contributed by atoms with Gasteiger partial charge in [-0.3, -0.25) is 0 Å². The summed E-state index contributed by atoms with van der Waals surface area (Å²) in [4.78, 5) is 0. The molecule has 0 unspecified atom stereocenters. The van der Waals surface area contributed by atoms with Gasteiger partial charge in [0, 0.05) is 5.69 Å². The molecule has 2 aromatic carbocycles. The Hall–Kier alpha value is -2.16. The zero-order valence-corrected chi connectivity index (χ0v) is 12.4. The van der Waals surface area contributed by atoms with Crippen LogP contribution in [0.4, 0.5) is 5.69 Å². The van der Waals surface area contributed by atoms with Gasteiger partial charge < -0.3 is 15.2 Å². The minimum absolute atomic E-state index is 0.425. The van der Waals surface area contributed by atoms with Gasteiger partial charge in [0.25, 0.3) is 0 Å². The first-order chi connectivity index (χ1) is 9.56. The van der Waals surface area contributed by atoms with Gasteiger partial charge in [0.2, 0.25) is 0 Å². The lowest BCUT2D eigenvalue weighted by Crippen LogP contribution is -1.97. The maximum absolute atomic E-state index is 6.13. The maximum atomic E-state index is 6.13. The Morgan fingerprint density at radius 3 is 2.00 bits per heavy atom. The van der Waals surface area contributed by atoms with Gasteiger partial charge in [0.1, 0.15) is 0 Å². The lowest BCUT2D eigenvalue weighted by Gasteiger charge is -2.13. The lowest BCUT2D eigenvalue weighted by atomic mass is 9.96. The van der Waals surface area contributed by atoms with Gasteiger partial charge in [-0.25, -0.2) is 0 Å². The predicted octanol–water partition coefficient (Wildman–Crippen LogP) is 4.08. The van der Waals surface area contributed by atoms with Crippen LogP contribution in [0.5, 0.6) is 11.5 Å². The van der Waals surface area contributed by atoms with E-state index in [0.717, 1.165) is 28.3 Å². The van der Waals surface area contributed by atoms with Gasteiger partial charge in [-0.15, -0.1) is 0 Å². The van der Waals surface area contributed by atoms with Crippen molar-refractivity contribution < 1.29 is 9.47 Å². The van der Waals surface area contributed by atoms with Crippen molar-refractivity contribution in [2.75, 3.05) is 20.0 Å². The van der Waals surface area contributed by atoms with Crippen LogP contribution in [-0.2, 0) is 0 Å². The maximum Gasteiger partial charge on any atom is 0.161 e.